The molecule has 0 heterocycles. The first-order valence-electron chi connectivity index (χ1n) is 2.03. The summed E-state index contributed by atoms with van der Waals surface area (Å²) < 4.78 is 0. The maximum absolute atomic E-state index is 9.77. The van der Waals surface area contributed by atoms with Gasteiger partial charge in [0.05, 0.1) is 0 Å². The number of aliphatic carboxylic acids is 1. The van der Waals surface area contributed by atoms with Crippen molar-refractivity contribution in [2.75, 3.05) is 0 Å². The van der Waals surface area contributed by atoms with Crippen LogP contribution < -0.4 is 5.73 Å². The average Bonchev–Trinajstić information content (AvgIpc) is 1.65. The number of nitrogens with two attached hydrogens (primary N) is 1. The smallest absolute Gasteiger partial charge is 0.326 e. The molecule has 0 aromatic rings. The van der Waals surface area contributed by atoms with E-state index in [1.807, 2.05) is 0 Å². The zero-order valence-electron chi connectivity index (χ0n) is 4.14. The van der Waals surface area contributed by atoms with E-state index in [1.54, 1.807) is 6.92 Å². The Morgan fingerprint density at radius 1 is 1.86 bits per heavy atom. The lowest BCUT2D eigenvalue weighted by molar-refractivity contribution is -0.135. The molecule has 0 aliphatic rings. The number of carboxylic acid groups (broad SMARTS) is 1. The summed E-state index contributed by atoms with van der Waals surface area (Å²) in [4.78, 5) is 9.77. The quantitative estimate of drug-likeness (QED) is 0.514. The van der Waals surface area contributed by atoms with Crippen molar-refractivity contribution in [1.82, 2.24) is 0 Å². The van der Waals surface area contributed by atoms with Crippen molar-refractivity contribution in [1.29, 1.82) is 0 Å². The Kier molecular flexibility index (Phi) is 2.37. The molecule has 3 N–H and O–H groups in total. The first-order valence-corrected chi connectivity index (χ1v) is 2.03. The largest absolute Gasteiger partial charge is 0.480 e. The van der Waals surface area contributed by atoms with Crippen molar-refractivity contribution in [2.45, 2.75) is 13.3 Å². The molecular formula is C4H8NO2. The van der Waals surface area contributed by atoms with Crippen LogP contribution in [0, 0.1) is 6.04 Å². The minimum atomic E-state index is -1.01. The molecule has 0 spiro atoms. The Morgan fingerprint density at radius 2 is 2.29 bits per heavy atom. The number of hydrogen-bond donors (Lipinski definition) is 2. The zero-order chi connectivity index (χ0) is 5.86. The first kappa shape index (κ1) is 6.43. The number of carbonyl (C=O) groups is 1. The van der Waals surface area contributed by atoms with Crippen molar-refractivity contribution >= 4 is 5.97 Å². The molecule has 0 aromatic heterocycles. The lowest BCUT2D eigenvalue weighted by Gasteiger charge is -1.95. The fourth-order valence-electron chi connectivity index (χ4n) is 0.151. The van der Waals surface area contributed by atoms with Gasteiger partial charge in [-0.1, -0.05) is 6.92 Å². The highest BCUT2D eigenvalue weighted by molar-refractivity contribution is 5.81. The van der Waals surface area contributed by atoms with E-state index in [1.165, 1.54) is 0 Å². The summed E-state index contributed by atoms with van der Waals surface area (Å²) >= 11 is 0. The van der Waals surface area contributed by atoms with Crippen LogP contribution in [0.4, 0.5) is 0 Å². The molecule has 1 radical (unpaired) electrons. The average molecular weight is 102 g/mol. The number of carboxylic acids is 1. The molecule has 0 aliphatic carbocycles. The van der Waals surface area contributed by atoms with Gasteiger partial charge in [-0.15, -0.1) is 0 Å². The van der Waals surface area contributed by atoms with Crippen LogP contribution >= 0.6 is 0 Å². The first-order chi connectivity index (χ1) is 3.18. The molecule has 41 valence electrons. The summed E-state index contributed by atoms with van der Waals surface area (Å²) in [5, 5.41) is 8.02. The van der Waals surface area contributed by atoms with Gasteiger partial charge in [-0.25, -0.2) is 0 Å². The van der Waals surface area contributed by atoms with Gasteiger partial charge in [-0.2, -0.15) is 0 Å². The van der Waals surface area contributed by atoms with E-state index < -0.39 is 5.97 Å². The fourth-order valence-corrected chi connectivity index (χ4v) is 0.151. The van der Waals surface area contributed by atoms with Gasteiger partial charge in [0.2, 0.25) is 0 Å². The van der Waals surface area contributed by atoms with Crippen molar-refractivity contribution in [3.05, 3.63) is 6.04 Å². The van der Waals surface area contributed by atoms with Crippen LogP contribution in [0.1, 0.15) is 13.3 Å². The summed E-state index contributed by atoms with van der Waals surface area (Å²) in [5.41, 5.74) is 4.93. The third kappa shape index (κ3) is 2.17. The third-order valence-electron chi connectivity index (χ3n) is 0.656. The SMILES string of the molecule is CC[C](N)C(=O)O. The highest BCUT2D eigenvalue weighted by Crippen LogP contribution is 1.92. The van der Waals surface area contributed by atoms with Gasteiger partial charge < -0.3 is 10.8 Å². The molecule has 3 nitrogen and oxygen atoms in total. The van der Waals surface area contributed by atoms with Gasteiger partial charge in [0.15, 0.2) is 0 Å². The van der Waals surface area contributed by atoms with E-state index in [-0.39, 0.29) is 6.04 Å². The Labute approximate surface area is 42.1 Å². The van der Waals surface area contributed by atoms with Crippen LogP contribution in [0.25, 0.3) is 0 Å². The Balaban J connectivity index is 3.34. The second-order valence-corrected chi connectivity index (χ2v) is 1.18. The summed E-state index contributed by atoms with van der Waals surface area (Å²) in [6.07, 6.45) is 0.412. The number of hydrogen-bond acceptors (Lipinski definition) is 2. The standard InChI is InChI=1S/C4H8NO2/c1-2-3(5)4(6)7/h2,5H2,1H3,(H,6,7). The van der Waals surface area contributed by atoms with E-state index in [4.69, 9.17) is 10.8 Å². The Bertz CT molecular complexity index is 72.1. The van der Waals surface area contributed by atoms with Gasteiger partial charge in [-0.3, -0.25) is 4.79 Å². The van der Waals surface area contributed by atoms with E-state index in [9.17, 15) is 4.79 Å². The lowest BCUT2D eigenvalue weighted by Crippen LogP contribution is -2.18. The van der Waals surface area contributed by atoms with Crippen LogP contribution in [0.5, 0.6) is 0 Å². The third-order valence-corrected chi connectivity index (χ3v) is 0.656. The van der Waals surface area contributed by atoms with Gasteiger partial charge in [0.1, 0.15) is 6.04 Å². The molecule has 0 aliphatic heterocycles. The van der Waals surface area contributed by atoms with Crippen LogP contribution in [-0.2, 0) is 4.79 Å². The van der Waals surface area contributed by atoms with Gasteiger partial charge in [0, 0.05) is 0 Å². The second kappa shape index (κ2) is 2.58. The minimum absolute atomic E-state index is 0.0139. The molecule has 0 saturated heterocycles. The predicted octanol–water partition coefficient (Wildman–Crippen LogP) is -0.0283. The van der Waals surface area contributed by atoms with Crippen LogP contribution in [-0.4, -0.2) is 11.1 Å². The lowest BCUT2D eigenvalue weighted by atomic mass is 10.2. The van der Waals surface area contributed by atoms with Crippen LogP contribution in [0.3, 0.4) is 0 Å². The molecule has 0 atom stereocenters. The highest BCUT2D eigenvalue weighted by atomic mass is 16.4. The molecule has 0 rings (SSSR count). The molecule has 0 unspecified atom stereocenters. The van der Waals surface area contributed by atoms with Gasteiger partial charge in [-0.05, 0) is 6.42 Å². The molecule has 0 bridgehead atoms. The summed E-state index contributed by atoms with van der Waals surface area (Å²) in [7, 11) is 0. The number of rotatable bonds is 2. The zero-order valence-corrected chi connectivity index (χ0v) is 4.14. The monoisotopic (exact) mass is 102 g/mol. The van der Waals surface area contributed by atoms with Crippen molar-refractivity contribution < 1.29 is 9.90 Å². The normalized spacial score (nSPS) is 9.57. The molecule has 7 heavy (non-hydrogen) atoms. The summed E-state index contributed by atoms with van der Waals surface area (Å²) in [5.74, 6) is -1.01. The minimum Gasteiger partial charge on any atom is -0.480 e. The molecule has 3 heteroatoms. The van der Waals surface area contributed by atoms with Gasteiger partial charge in [0.25, 0.3) is 0 Å². The Hall–Kier alpha value is -0.570. The maximum atomic E-state index is 9.77. The van der Waals surface area contributed by atoms with E-state index >= 15 is 0 Å². The summed E-state index contributed by atoms with van der Waals surface area (Å²) in [6.45, 7) is 1.70. The highest BCUT2D eigenvalue weighted by Gasteiger charge is 2.07. The Morgan fingerprint density at radius 3 is 2.29 bits per heavy atom. The predicted molar refractivity (Wildman–Crippen MR) is 25.4 cm³/mol. The van der Waals surface area contributed by atoms with Crippen molar-refractivity contribution in [2.24, 2.45) is 5.73 Å². The summed E-state index contributed by atoms with van der Waals surface area (Å²) in [6, 6.07) is 0.0139. The molecule has 0 saturated carbocycles. The maximum Gasteiger partial charge on any atom is 0.326 e. The molecule has 0 aromatic carbocycles. The van der Waals surface area contributed by atoms with E-state index in [0.717, 1.165) is 0 Å². The molecule has 0 amide bonds. The fraction of sp³-hybridized carbons (Fsp3) is 0.500. The van der Waals surface area contributed by atoms with Crippen molar-refractivity contribution in [3.8, 4) is 0 Å². The van der Waals surface area contributed by atoms with Crippen LogP contribution in [0.2, 0.25) is 0 Å². The molecule has 0 fully saturated rings. The second-order valence-electron chi connectivity index (χ2n) is 1.18. The topological polar surface area (TPSA) is 63.3 Å². The van der Waals surface area contributed by atoms with Crippen molar-refractivity contribution in [3.63, 3.8) is 0 Å². The van der Waals surface area contributed by atoms with E-state index in [2.05, 4.69) is 0 Å². The molecular weight excluding hydrogens is 94.0 g/mol. The van der Waals surface area contributed by atoms with Gasteiger partial charge >= 0.3 is 5.97 Å². The van der Waals surface area contributed by atoms with E-state index in [0.29, 0.717) is 6.42 Å². The van der Waals surface area contributed by atoms with Crippen LogP contribution in [0.15, 0.2) is 0 Å².